The number of benzene rings is 1. The minimum Gasteiger partial charge on any atom is -0.493 e. The number of anilines is 1. The number of hydrogen-bond donors (Lipinski definition) is 2. The Morgan fingerprint density at radius 1 is 1.44 bits per heavy atom. The van der Waals surface area contributed by atoms with Crippen molar-refractivity contribution in [3.63, 3.8) is 0 Å². The zero-order valence-corrected chi connectivity index (χ0v) is 10.7. The monoisotopic (exact) mass is 250 g/mol. The van der Waals surface area contributed by atoms with Crippen molar-refractivity contribution in [1.82, 2.24) is 0 Å². The second-order valence-corrected chi connectivity index (χ2v) is 4.41. The van der Waals surface area contributed by atoms with Crippen molar-refractivity contribution >= 4 is 11.6 Å². The first-order valence-corrected chi connectivity index (χ1v) is 6.00. The van der Waals surface area contributed by atoms with Gasteiger partial charge >= 0.3 is 0 Å². The Hall–Kier alpha value is -1.75. The van der Waals surface area contributed by atoms with Crippen molar-refractivity contribution in [3.8, 4) is 11.5 Å². The molecule has 0 saturated heterocycles. The molecule has 1 aliphatic rings. The quantitative estimate of drug-likeness (QED) is 0.831. The maximum atomic E-state index is 11.8. The zero-order valence-electron chi connectivity index (χ0n) is 10.7. The number of nitrogens with two attached hydrogens (primary N) is 1. The Morgan fingerprint density at radius 3 is 2.72 bits per heavy atom. The average Bonchev–Trinajstić information content (AvgIpc) is 3.11. The molecule has 1 fully saturated rings. The normalized spacial score (nSPS) is 15.9. The van der Waals surface area contributed by atoms with E-state index in [1.165, 1.54) is 0 Å². The van der Waals surface area contributed by atoms with E-state index in [1.807, 2.05) is 6.92 Å². The summed E-state index contributed by atoms with van der Waals surface area (Å²) in [7, 11) is 1.56. The predicted molar refractivity (Wildman–Crippen MR) is 68.9 cm³/mol. The van der Waals surface area contributed by atoms with E-state index in [4.69, 9.17) is 15.2 Å². The molecule has 0 aliphatic heterocycles. The van der Waals surface area contributed by atoms with Gasteiger partial charge in [0.05, 0.1) is 19.3 Å². The fourth-order valence-corrected chi connectivity index (χ4v) is 1.64. The summed E-state index contributed by atoms with van der Waals surface area (Å²) >= 11 is 0. The van der Waals surface area contributed by atoms with Gasteiger partial charge in [0.1, 0.15) is 0 Å². The number of methoxy groups -OCH3 is 1. The predicted octanol–water partition coefficient (Wildman–Crippen LogP) is 1.52. The highest BCUT2D eigenvalue weighted by atomic mass is 16.5. The highest BCUT2D eigenvalue weighted by Gasteiger charge is 2.45. The lowest BCUT2D eigenvalue weighted by molar-refractivity contribution is -0.118. The van der Waals surface area contributed by atoms with Crippen LogP contribution < -0.4 is 20.5 Å². The first kappa shape index (κ1) is 12.7. The van der Waals surface area contributed by atoms with Gasteiger partial charge in [-0.15, -0.1) is 0 Å². The summed E-state index contributed by atoms with van der Waals surface area (Å²) in [5.74, 6) is 1.11. The van der Waals surface area contributed by atoms with Crippen LogP contribution in [-0.2, 0) is 4.79 Å². The van der Waals surface area contributed by atoms with Crippen LogP contribution in [0.15, 0.2) is 18.2 Å². The molecular weight excluding hydrogens is 232 g/mol. The zero-order chi connectivity index (χ0) is 13.2. The first-order chi connectivity index (χ1) is 8.59. The highest BCUT2D eigenvalue weighted by Crippen LogP contribution is 2.35. The summed E-state index contributed by atoms with van der Waals surface area (Å²) in [6.07, 6.45) is 1.49. The molecule has 18 heavy (non-hydrogen) atoms. The standard InChI is InChI=1S/C13H18N2O3/c1-3-18-10-5-4-9(8-11(10)17-2)15-12(16)13(14)6-7-13/h4-5,8H,3,6-7,14H2,1-2H3,(H,15,16). The van der Waals surface area contributed by atoms with Gasteiger partial charge in [-0.1, -0.05) is 0 Å². The number of nitrogens with one attached hydrogen (secondary N) is 1. The van der Waals surface area contributed by atoms with Crippen LogP contribution in [0.5, 0.6) is 11.5 Å². The number of hydrogen-bond acceptors (Lipinski definition) is 4. The molecule has 1 aromatic carbocycles. The Bertz CT molecular complexity index is 456. The van der Waals surface area contributed by atoms with Crippen molar-refractivity contribution in [3.05, 3.63) is 18.2 Å². The summed E-state index contributed by atoms with van der Waals surface area (Å²) in [4.78, 5) is 11.8. The van der Waals surface area contributed by atoms with Crippen molar-refractivity contribution < 1.29 is 14.3 Å². The molecule has 1 aliphatic carbocycles. The van der Waals surface area contributed by atoms with Crippen molar-refractivity contribution in [2.24, 2.45) is 5.73 Å². The van der Waals surface area contributed by atoms with Gasteiger partial charge in [0.25, 0.3) is 0 Å². The summed E-state index contributed by atoms with van der Waals surface area (Å²) in [6, 6.07) is 5.28. The van der Waals surface area contributed by atoms with Gasteiger partial charge in [0, 0.05) is 11.8 Å². The van der Waals surface area contributed by atoms with E-state index < -0.39 is 5.54 Å². The number of ether oxygens (including phenoxy) is 2. The van der Waals surface area contributed by atoms with Crippen LogP contribution in [0.1, 0.15) is 19.8 Å². The summed E-state index contributed by atoms with van der Waals surface area (Å²) in [5.41, 5.74) is 5.81. The molecule has 0 radical (unpaired) electrons. The van der Waals surface area contributed by atoms with Gasteiger partial charge < -0.3 is 20.5 Å². The number of carbonyl (C=O) groups excluding carboxylic acids is 1. The molecule has 2 rings (SSSR count). The molecule has 0 bridgehead atoms. The molecule has 98 valence electrons. The summed E-state index contributed by atoms with van der Waals surface area (Å²) in [6.45, 7) is 2.47. The van der Waals surface area contributed by atoms with E-state index in [9.17, 15) is 4.79 Å². The van der Waals surface area contributed by atoms with Crippen LogP contribution in [0.4, 0.5) is 5.69 Å². The Labute approximate surface area is 106 Å². The molecule has 5 nitrogen and oxygen atoms in total. The third-order valence-electron chi connectivity index (χ3n) is 2.96. The molecule has 3 N–H and O–H groups in total. The highest BCUT2D eigenvalue weighted by molar-refractivity contribution is 6.00. The Kier molecular flexibility index (Phi) is 3.43. The SMILES string of the molecule is CCOc1ccc(NC(=O)C2(N)CC2)cc1OC. The van der Waals surface area contributed by atoms with Crippen LogP contribution in [0, 0.1) is 0 Å². The molecule has 0 aromatic heterocycles. The van der Waals surface area contributed by atoms with E-state index in [1.54, 1.807) is 25.3 Å². The van der Waals surface area contributed by atoms with Crippen molar-refractivity contribution in [2.45, 2.75) is 25.3 Å². The summed E-state index contributed by atoms with van der Waals surface area (Å²) < 4.78 is 10.6. The summed E-state index contributed by atoms with van der Waals surface area (Å²) in [5, 5.41) is 2.79. The molecular formula is C13H18N2O3. The van der Waals surface area contributed by atoms with Crippen LogP contribution in [0.3, 0.4) is 0 Å². The molecule has 0 heterocycles. The molecule has 1 aromatic rings. The second-order valence-electron chi connectivity index (χ2n) is 4.41. The van der Waals surface area contributed by atoms with Crippen LogP contribution >= 0.6 is 0 Å². The second kappa shape index (κ2) is 4.86. The van der Waals surface area contributed by atoms with E-state index in [0.717, 1.165) is 12.8 Å². The fourth-order valence-electron chi connectivity index (χ4n) is 1.64. The fraction of sp³-hybridized carbons (Fsp3) is 0.462. The first-order valence-electron chi connectivity index (χ1n) is 6.00. The molecule has 1 saturated carbocycles. The van der Waals surface area contributed by atoms with Crippen molar-refractivity contribution in [2.75, 3.05) is 19.0 Å². The van der Waals surface area contributed by atoms with Gasteiger partial charge in [-0.25, -0.2) is 0 Å². The molecule has 0 atom stereocenters. The van der Waals surface area contributed by atoms with E-state index in [0.29, 0.717) is 23.8 Å². The number of rotatable bonds is 5. The van der Waals surface area contributed by atoms with Crippen LogP contribution in [0.25, 0.3) is 0 Å². The van der Waals surface area contributed by atoms with Gasteiger partial charge in [0.15, 0.2) is 11.5 Å². The lowest BCUT2D eigenvalue weighted by Crippen LogP contribution is -2.37. The lowest BCUT2D eigenvalue weighted by Gasteiger charge is -2.13. The largest absolute Gasteiger partial charge is 0.493 e. The van der Waals surface area contributed by atoms with E-state index in [2.05, 4.69) is 5.32 Å². The molecule has 1 amide bonds. The topological polar surface area (TPSA) is 73.6 Å². The average molecular weight is 250 g/mol. The minimum atomic E-state index is -0.675. The lowest BCUT2D eigenvalue weighted by atomic mass is 10.2. The van der Waals surface area contributed by atoms with Crippen molar-refractivity contribution in [1.29, 1.82) is 0 Å². The maximum absolute atomic E-state index is 11.8. The van der Waals surface area contributed by atoms with Gasteiger partial charge in [-0.3, -0.25) is 4.79 Å². The van der Waals surface area contributed by atoms with Gasteiger partial charge in [0.2, 0.25) is 5.91 Å². The Balaban J connectivity index is 2.11. The molecule has 5 heteroatoms. The Morgan fingerprint density at radius 2 is 2.17 bits per heavy atom. The van der Waals surface area contributed by atoms with Crippen LogP contribution in [-0.4, -0.2) is 25.2 Å². The van der Waals surface area contributed by atoms with E-state index >= 15 is 0 Å². The third-order valence-corrected chi connectivity index (χ3v) is 2.96. The smallest absolute Gasteiger partial charge is 0.244 e. The molecule has 0 unspecified atom stereocenters. The number of amides is 1. The maximum Gasteiger partial charge on any atom is 0.244 e. The van der Waals surface area contributed by atoms with Crippen LogP contribution in [0.2, 0.25) is 0 Å². The van der Waals surface area contributed by atoms with E-state index in [-0.39, 0.29) is 5.91 Å². The third kappa shape index (κ3) is 2.56. The minimum absolute atomic E-state index is 0.145. The van der Waals surface area contributed by atoms with Gasteiger partial charge in [-0.2, -0.15) is 0 Å². The van der Waals surface area contributed by atoms with Gasteiger partial charge in [-0.05, 0) is 31.9 Å². The molecule has 0 spiro atoms. The number of carbonyl (C=O) groups is 1.